The lowest BCUT2D eigenvalue weighted by molar-refractivity contribution is 0.0286. The van der Waals surface area contributed by atoms with Crippen LogP contribution in [0.3, 0.4) is 0 Å². The summed E-state index contributed by atoms with van der Waals surface area (Å²) in [6.07, 6.45) is 2.85. The van der Waals surface area contributed by atoms with Crippen LogP contribution in [0.5, 0.6) is 0 Å². The molecule has 0 saturated carbocycles. The number of anilines is 2. The van der Waals surface area contributed by atoms with Crippen LogP contribution in [-0.4, -0.2) is 81.4 Å². The van der Waals surface area contributed by atoms with Crippen molar-refractivity contribution in [3.8, 4) is 5.69 Å². The standard InChI is InChI=1S/C24H25ClF2N8O2/c1-15-21-30-31-22(33-13-24(14-33)11-32(12-24)20-9-28-4-5-29-20)35(21)19-3-2-17(25)6-16(19)10-34(15)23(36)37-18(7-26)8-27/h2-6,9,15,18H,7-8,10-14H2,1H3. The molecule has 194 valence electrons. The van der Waals surface area contributed by atoms with Crippen molar-refractivity contribution in [1.82, 2.24) is 29.6 Å². The topological polar surface area (TPSA) is 92.5 Å². The maximum atomic E-state index is 13.1. The smallest absolute Gasteiger partial charge is 0.411 e. The molecule has 6 rings (SSSR count). The first-order valence-corrected chi connectivity index (χ1v) is 12.4. The average molecular weight is 531 g/mol. The van der Waals surface area contributed by atoms with Gasteiger partial charge in [-0.15, -0.1) is 10.2 Å². The predicted molar refractivity (Wildman–Crippen MR) is 131 cm³/mol. The summed E-state index contributed by atoms with van der Waals surface area (Å²) in [6.45, 7) is 3.11. The van der Waals surface area contributed by atoms with E-state index in [9.17, 15) is 13.6 Å². The van der Waals surface area contributed by atoms with Crippen LogP contribution < -0.4 is 9.80 Å². The van der Waals surface area contributed by atoms with E-state index in [0.717, 1.165) is 43.2 Å². The highest BCUT2D eigenvalue weighted by Crippen LogP contribution is 2.44. The molecule has 1 atom stereocenters. The molecule has 3 aliphatic rings. The van der Waals surface area contributed by atoms with E-state index in [1.165, 1.54) is 4.90 Å². The SMILES string of the molecule is CC1c2nnc(N3CC4(CN(c5cnccn5)C4)C3)n2-c2ccc(Cl)cc2CN1C(=O)OC(CF)CF. The Labute approximate surface area is 216 Å². The molecular formula is C24H25ClF2N8O2. The average Bonchev–Trinajstić information content (AvgIpc) is 3.24. The molecule has 0 N–H and O–H groups in total. The molecule has 37 heavy (non-hydrogen) atoms. The normalized spacial score (nSPS) is 19.7. The predicted octanol–water partition coefficient (Wildman–Crippen LogP) is 3.36. The first-order chi connectivity index (χ1) is 17.9. The van der Waals surface area contributed by atoms with E-state index in [2.05, 4.69) is 30.0 Å². The second kappa shape index (κ2) is 9.09. The molecule has 1 amide bonds. The number of hydrogen-bond acceptors (Lipinski definition) is 8. The number of fused-ring (bicyclic) bond motifs is 3. The maximum absolute atomic E-state index is 13.1. The summed E-state index contributed by atoms with van der Waals surface area (Å²) in [6, 6.07) is 4.85. The van der Waals surface area contributed by atoms with Gasteiger partial charge in [-0.2, -0.15) is 0 Å². The molecule has 0 radical (unpaired) electrons. The number of carbonyl (C=O) groups is 1. The Morgan fingerprint density at radius 2 is 1.92 bits per heavy atom. The number of hydrogen-bond donors (Lipinski definition) is 0. The summed E-state index contributed by atoms with van der Waals surface area (Å²) >= 11 is 6.29. The number of ether oxygens (including phenoxy) is 1. The minimum absolute atomic E-state index is 0.140. The number of halogens is 3. The zero-order valence-corrected chi connectivity index (χ0v) is 20.9. The van der Waals surface area contributed by atoms with Gasteiger partial charge in [0.15, 0.2) is 11.9 Å². The van der Waals surface area contributed by atoms with Gasteiger partial charge in [-0.05, 0) is 30.7 Å². The first-order valence-electron chi connectivity index (χ1n) is 12.0. The van der Waals surface area contributed by atoms with Crippen LogP contribution in [0.15, 0.2) is 36.8 Å². The van der Waals surface area contributed by atoms with Gasteiger partial charge in [0.2, 0.25) is 5.95 Å². The minimum Gasteiger partial charge on any atom is -0.440 e. The number of benzene rings is 1. The molecule has 3 aliphatic heterocycles. The van der Waals surface area contributed by atoms with Gasteiger partial charge < -0.3 is 14.5 Å². The number of amides is 1. The van der Waals surface area contributed by atoms with Crippen molar-refractivity contribution in [2.24, 2.45) is 5.41 Å². The van der Waals surface area contributed by atoms with E-state index in [-0.39, 0.29) is 12.0 Å². The van der Waals surface area contributed by atoms with Crippen LogP contribution in [0.25, 0.3) is 5.69 Å². The fourth-order valence-electron chi connectivity index (χ4n) is 5.37. The van der Waals surface area contributed by atoms with E-state index in [1.54, 1.807) is 37.6 Å². The summed E-state index contributed by atoms with van der Waals surface area (Å²) in [5.41, 5.74) is 1.69. The first kappa shape index (κ1) is 23.8. The van der Waals surface area contributed by atoms with Crippen LogP contribution in [0.2, 0.25) is 5.02 Å². The van der Waals surface area contributed by atoms with Crippen molar-refractivity contribution in [3.05, 3.63) is 53.2 Å². The monoisotopic (exact) mass is 530 g/mol. The zero-order chi connectivity index (χ0) is 25.7. The Bertz CT molecular complexity index is 1310. The highest BCUT2D eigenvalue weighted by molar-refractivity contribution is 6.30. The van der Waals surface area contributed by atoms with E-state index < -0.39 is 31.6 Å². The van der Waals surface area contributed by atoms with E-state index in [0.29, 0.717) is 16.8 Å². The maximum Gasteiger partial charge on any atom is 0.411 e. The van der Waals surface area contributed by atoms with Gasteiger partial charge in [0.05, 0.1) is 24.5 Å². The highest BCUT2D eigenvalue weighted by Gasteiger charge is 2.53. The summed E-state index contributed by atoms with van der Waals surface area (Å²) in [5, 5.41) is 9.44. The molecule has 10 nitrogen and oxygen atoms in total. The van der Waals surface area contributed by atoms with Gasteiger partial charge in [0.25, 0.3) is 0 Å². The molecule has 13 heteroatoms. The van der Waals surface area contributed by atoms with Gasteiger partial charge in [-0.1, -0.05) is 11.6 Å². The molecule has 1 aromatic carbocycles. The fraction of sp³-hybridized carbons (Fsp3) is 0.458. The molecule has 5 heterocycles. The molecule has 2 fully saturated rings. The summed E-state index contributed by atoms with van der Waals surface area (Å²) < 4.78 is 33.1. The van der Waals surface area contributed by atoms with Crippen LogP contribution >= 0.6 is 11.6 Å². The zero-order valence-electron chi connectivity index (χ0n) is 20.1. The number of rotatable bonds is 5. The molecular weight excluding hydrogens is 506 g/mol. The Hall–Kier alpha value is -3.54. The van der Waals surface area contributed by atoms with Crippen molar-refractivity contribution in [2.75, 3.05) is 49.3 Å². The molecule has 1 unspecified atom stereocenters. The lowest BCUT2D eigenvalue weighted by atomic mass is 9.73. The third kappa shape index (κ3) is 4.03. The second-order valence-electron chi connectivity index (χ2n) is 9.86. The van der Waals surface area contributed by atoms with Gasteiger partial charge in [-0.3, -0.25) is 14.5 Å². The summed E-state index contributed by atoms with van der Waals surface area (Å²) in [5.74, 6) is 2.08. The Kier molecular flexibility index (Phi) is 5.85. The quantitative estimate of drug-likeness (QED) is 0.496. The van der Waals surface area contributed by atoms with Crippen molar-refractivity contribution in [1.29, 1.82) is 0 Å². The largest absolute Gasteiger partial charge is 0.440 e. The molecule has 0 bridgehead atoms. The van der Waals surface area contributed by atoms with Crippen LogP contribution in [0.4, 0.5) is 25.3 Å². The molecule has 1 spiro atoms. The van der Waals surface area contributed by atoms with Crippen molar-refractivity contribution >= 4 is 29.5 Å². The minimum atomic E-state index is -1.45. The van der Waals surface area contributed by atoms with Gasteiger partial charge >= 0.3 is 6.09 Å². The number of aromatic nitrogens is 5. The van der Waals surface area contributed by atoms with Gasteiger partial charge in [-0.25, -0.2) is 18.6 Å². The summed E-state index contributed by atoms with van der Waals surface area (Å²) in [7, 11) is 0. The number of carbonyl (C=O) groups excluding carboxylic acids is 1. The van der Waals surface area contributed by atoms with Crippen molar-refractivity contribution in [2.45, 2.75) is 25.6 Å². The van der Waals surface area contributed by atoms with Crippen molar-refractivity contribution < 1.29 is 18.3 Å². The third-order valence-electron chi connectivity index (χ3n) is 7.24. The van der Waals surface area contributed by atoms with Crippen LogP contribution in [-0.2, 0) is 11.3 Å². The van der Waals surface area contributed by atoms with Gasteiger partial charge in [0.1, 0.15) is 19.2 Å². The summed E-state index contributed by atoms with van der Waals surface area (Å²) in [4.78, 5) is 27.2. The van der Waals surface area contributed by atoms with Crippen molar-refractivity contribution in [3.63, 3.8) is 0 Å². The molecule has 2 aromatic heterocycles. The second-order valence-corrected chi connectivity index (χ2v) is 10.3. The highest BCUT2D eigenvalue weighted by atomic mass is 35.5. The van der Waals surface area contributed by atoms with Gasteiger partial charge in [0, 0.05) is 49.0 Å². The van der Waals surface area contributed by atoms with E-state index in [1.807, 2.05) is 10.6 Å². The molecule has 0 aliphatic carbocycles. The van der Waals surface area contributed by atoms with E-state index >= 15 is 0 Å². The number of alkyl halides is 2. The Morgan fingerprint density at radius 1 is 1.16 bits per heavy atom. The molecule has 3 aromatic rings. The van der Waals surface area contributed by atoms with E-state index in [4.69, 9.17) is 16.3 Å². The fourth-order valence-corrected chi connectivity index (χ4v) is 5.57. The van der Waals surface area contributed by atoms with Crippen LogP contribution in [0, 0.1) is 5.41 Å². The Morgan fingerprint density at radius 3 is 2.62 bits per heavy atom. The Balaban J connectivity index is 1.27. The number of nitrogens with zero attached hydrogens (tertiary/aromatic N) is 8. The van der Waals surface area contributed by atoms with Crippen LogP contribution in [0.1, 0.15) is 24.4 Å². The lowest BCUT2D eigenvalue weighted by Gasteiger charge is -2.60. The lowest BCUT2D eigenvalue weighted by Crippen LogP contribution is -2.73. The molecule has 2 saturated heterocycles. The third-order valence-corrected chi connectivity index (χ3v) is 7.48.